The summed E-state index contributed by atoms with van der Waals surface area (Å²) in [5, 5.41) is 7.95. The molecular formula is C13H14N4O3. The number of hydrogen-bond donors (Lipinski definition) is 0. The molecule has 0 aromatic carbocycles. The van der Waals surface area contributed by atoms with E-state index in [4.69, 9.17) is 9.15 Å². The second-order valence-corrected chi connectivity index (χ2v) is 4.42. The van der Waals surface area contributed by atoms with Crippen molar-refractivity contribution in [3.05, 3.63) is 30.4 Å². The van der Waals surface area contributed by atoms with Gasteiger partial charge < -0.3 is 14.1 Å². The molecule has 0 saturated carbocycles. The average molecular weight is 274 g/mol. The standard InChI is InChI=1S/C13H14N4O3/c18-12-3-6-19-7-5-17(12)9-11-15-16-13(20-11)10-2-1-4-14-8-10/h1-2,4,8H,3,5-7,9H2. The van der Waals surface area contributed by atoms with E-state index in [0.717, 1.165) is 5.56 Å². The van der Waals surface area contributed by atoms with E-state index >= 15 is 0 Å². The lowest BCUT2D eigenvalue weighted by molar-refractivity contribution is -0.131. The summed E-state index contributed by atoms with van der Waals surface area (Å²) in [5.41, 5.74) is 0.761. The number of pyridine rings is 1. The van der Waals surface area contributed by atoms with E-state index in [9.17, 15) is 4.79 Å². The highest BCUT2D eigenvalue weighted by Gasteiger charge is 2.19. The van der Waals surface area contributed by atoms with Crippen molar-refractivity contribution in [1.82, 2.24) is 20.1 Å². The summed E-state index contributed by atoms with van der Waals surface area (Å²) < 4.78 is 10.8. The average Bonchev–Trinajstić information content (AvgIpc) is 2.86. The molecule has 0 atom stereocenters. The van der Waals surface area contributed by atoms with Crippen LogP contribution in [0.3, 0.4) is 0 Å². The van der Waals surface area contributed by atoms with Gasteiger partial charge in [0.2, 0.25) is 17.7 Å². The molecule has 7 heteroatoms. The summed E-state index contributed by atoms with van der Waals surface area (Å²) >= 11 is 0. The summed E-state index contributed by atoms with van der Waals surface area (Å²) in [6.07, 6.45) is 3.72. The Morgan fingerprint density at radius 3 is 3.10 bits per heavy atom. The first kappa shape index (κ1) is 12.7. The number of carbonyl (C=O) groups excluding carboxylic acids is 1. The lowest BCUT2D eigenvalue weighted by Gasteiger charge is -2.16. The molecule has 0 N–H and O–H groups in total. The van der Waals surface area contributed by atoms with Crippen LogP contribution in [0.2, 0.25) is 0 Å². The predicted molar refractivity (Wildman–Crippen MR) is 68.4 cm³/mol. The first-order valence-corrected chi connectivity index (χ1v) is 6.41. The molecule has 0 radical (unpaired) electrons. The molecule has 1 aliphatic rings. The number of amides is 1. The van der Waals surface area contributed by atoms with Crippen molar-refractivity contribution >= 4 is 5.91 Å². The second kappa shape index (κ2) is 5.79. The smallest absolute Gasteiger partial charge is 0.249 e. The summed E-state index contributed by atoms with van der Waals surface area (Å²) in [4.78, 5) is 17.5. The van der Waals surface area contributed by atoms with Crippen LogP contribution >= 0.6 is 0 Å². The molecule has 1 amide bonds. The molecule has 3 heterocycles. The fraction of sp³-hybridized carbons (Fsp3) is 0.385. The van der Waals surface area contributed by atoms with E-state index in [0.29, 0.717) is 44.5 Å². The highest BCUT2D eigenvalue weighted by Crippen LogP contribution is 2.17. The van der Waals surface area contributed by atoms with Crippen LogP contribution < -0.4 is 0 Å². The Morgan fingerprint density at radius 1 is 1.30 bits per heavy atom. The fourth-order valence-corrected chi connectivity index (χ4v) is 1.97. The van der Waals surface area contributed by atoms with Gasteiger partial charge in [-0.05, 0) is 12.1 Å². The zero-order chi connectivity index (χ0) is 13.8. The molecule has 7 nitrogen and oxygen atoms in total. The Morgan fingerprint density at radius 2 is 2.25 bits per heavy atom. The maximum Gasteiger partial charge on any atom is 0.249 e. The van der Waals surface area contributed by atoms with Crippen molar-refractivity contribution in [3.8, 4) is 11.5 Å². The van der Waals surface area contributed by atoms with Gasteiger partial charge in [-0.3, -0.25) is 9.78 Å². The van der Waals surface area contributed by atoms with E-state index in [1.165, 1.54) is 0 Å². The largest absolute Gasteiger partial charge is 0.419 e. The SMILES string of the molecule is O=C1CCOCCN1Cc1nnc(-c2cccnc2)o1. The van der Waals surface area contributed by atoms with Gasteiger partial charge in [0.05, 0.1) is 31.7 Å². The van der Waals surface area contributed by atoms with Crippen LogP contribution in [0, 0.1) is 0 Å². The second-order valence-electron chi connectivity index (χ2n) is 4.42. The van der Waals surface area contributed by atoms with E-state index < -0.39 is 0 Å². The third-order valence-electron chi connectivity index (χ3n) is 3.02. The topological polar surface area (TPSA) is 81.4 Å². The molecule has 0 aliphatic carbocycles. The maximum absolute atomic E-state index is 11.8. The van der Waals surface area contributed by atoms with Gasteiger partial charge >= 0.3 is 0 Å². The zero-order valence-corrected chi connectivity index (χ0v) is 10.9. The Bertz CT molecular complexity index is 584. The van der Waals surface area contributed by atoms with Crippen molar-refractivity contribution in [2.75, 3.05) is 19.8 Å². The van der Waals surface area contributed by atoms with Crippen LogP contribution in [-0.2, 0) is 16.1 Å². The molecule has 0 bridgehead atoms. The van der Waals surface area contributed by atoms with Crippen LogP contribution in [0.1, 0.15) is 12.3 Å². The lowest BCUT2D eigenvalue weighted by atomic mass is 10.3. The monoisotopic (exact) mass is 274 g/mol. The quantitative estimate of drug-likeness (QED) is 0.826. The number of aromatic nitrogens is 3. The predicted octanol–water partition coefficient (Wildman–Crippen LogP) is 0.880. The number of carbonyl (C=O) groups is 1. The molecule has 2 aromatic rings. The molecule has 1 saturated heterocycles. The van der Waals surface area contributed by atoms with E-state index in [1.54, 1.807) is 23.4 Å². The van der Waals surface area contributed by atoms with Crippen molar-refractivity contribution in [1.29, 1.82) is 0 Å². The van der Waals surface area contributed by atoms with Crippen molar-refractivity contribution in [3.63, 3.8) is 0 Å². The highest BCUT2D eigenvalue weighted by molar-refractivity contribution is 5.76. The molecule has 0 unspecified atom stereocenters. The number of ether oxygens (including phenoxy) is 1. The fourth-order valence-electron chi connectivity index (χ4n) is 1.97. The molecule has 2 aromatic heterocycles. The van der Waals surface area contributed by atoms with Crippen LogP contribution in [-0.4, -0.2) is 45.7 Å². The number of hydrogen-bond acceptors (Lipinski definition) is 6. The van der Waals surface area contributed by atoms with Crippen molar-refractivity contribution < 1.29 is 13.9 Å². The lowest BCUT2D eigenvalue weighted by Crippen LogP contribution is -2.31. The maximum atomic E-state index is 11.8. The van der Waals surface area contributed by atoms with Gasteiger partial charge in [0.15, 0.2) is 0 Å². The molecular weight excluding hydrogens is 260 g/mol. The van der Waals surface area contributed by atoms with Crippen LogP contribution in [0.4, 0.5) is 0 Å². The van der Waals surface area contributed by atoms with Crippen LogP contribution in [0.25, 0.3) is 11.5 Å². The Labute approximate surface area is 115 Å². The van der Waals surface area contributed by atoms with Crippen molar-refractivity contribution in [2.45, 2.75) is 13.0 Å². The van der Waals surface area contributed by atoms with E-state index in [1.807, 2.05) is 6.07 Å². The van der Waals surface area contributed by atoms with E-state index in [-0.39, 0.29) is 5.91 Å². The minimum absolute atomic E-state index is 0.0450. The van der Waals surface area contributed by atoms with Crippen LogP contribution in [0.15, 0.2) is 28.9 Å². The van der Waals surface area contributed by atoms with E-state index in [2.05, 4.69) is 15.2 Å². The first-order valence-electron chi connectivity index (χ1n) is 6.41. The first-order chi connectivity index (χ1) is 9.83. The molecule has 0 spiro atoms. The van der Waals surface area contributed by atoms with Gasteiger partial charge in [0.1, 0.15) is 0 Å². The van der Waals surface area contributed by atoms with Crippen LogP contribution in [0.5, 0.6) is 0 Å². The molecule has 3 rings (SSSR count). The normalized spacial score (nSPS) is 16.2. The molecule has 20 heavy (non-hydrogen) atoms. The van der Waals surface area contributed by atoms with Gasteiger partial charge in [-0.25, -0.2) is 0 Å². The molecule has 1 fully saturated rings. The van der Waals surface area contributed by atoms with Crippen molar-refractivity contribution in [2.24, 2.45) is 0 Å². The third kappa shape index (κ3) is 2.83. The molecule has 104 valence electrons. The minimum Gasteiger partial charge on any atom is -0.419 e. The Balaban J connectivity index is 1.72. The van der Waals surface area contributed by atoms with Gasteiger partial charge in [-0.15, -0.1) is 10.2 Å². The summed E-state index contributed by atoms with van der Waals surface area (Å²) in [6, 6.07) is 3.64. The zero-order valence-electron chi connectivity index (χ0n) is 10.9. The Kier molecular flexibility index (Phi) is 3.69. The highest BCUT2D eigenvalue weighted by atomic mass is 16.5. The molecule has 1 aliphatic heterocycles. The van der Waals surface area contributed by atoms with Gasteiger partial charge in [0, 0.05) is 18.9 Å². The third-order valence-corrected chi connectivity index (χ3v) is 3.02. The summed E-state index contributed by atoms with van der Waals surface area (Å²) in [7, 11) is 0. The van der Waals surface area contributed by atoms with Gasteiger partial charge in [-0.2, -0.15) is 0 Å². The number of rotatable bonds is 3. The number of nitrogens with zero attached hydrogens (tertiary/aromatic N) is 4. The van der Waals surface area contributed by atoms with Gasteiger partial charge in [-0.1, -0.05) is 0 Å². The Hall–Kier alpha value is -2.28. The minimum atomic E-state index is 0.0450. The summed E-state index contributed by atoms with van der Waals surface area (Å²) in [5.74, 6) is 0.870. The summed E-state index contributed by atoms with van der Waals surface area (Å²) in [6.45, 7) is 1.87. The van der Waals surface area contributed by atoms with Gasteiger partial charge in [0.25, 0.3) is 0 Å².